The molecule has 1 saturated heterocycles. The fourth-order valence-electron chi connectivity index (χ4n) is 5.12. The number of hydrogen-bond acceptors (Lipinski definition) is 6. The number of aromatic nitrogens is 1. The number of nitrogens with zero attached hydrogens (tertiary/aromatic N) is 3. The molecule has 1 aromatic heterocycles. The number of halogens is 1. The van der Waals surface area contributed by atoms with Crippen LogP contribution in [0.5, 0.6) is 17.4 Å². The molecule has 2 heterocycles. The largest absolute Gasteiger partial charge is 0.487 e. The van der Waals surface area contributed by atoms with Crippen molar-refractivity contribution in [3.8, 4) is 17.4 Å². The van der Waals surface area contributed by atoms with Crippen LogP contribution in [-0.2, 0) is 22.7 Å². The highest BCUT2D eigenvalue weighted by Gasteiger charge is 2.20. The van der Waals surface area contributed by atoms with Crippen molar-refractivity contribution in [1.29, 1.82) is 0 Å². The smallest absolute Gasteiger partial charge is 0.246 e. The van der Waals surface area contributed by atoms with E-state index in [0.717, 1.165) is 41.9 Å². The summed E-state index contributed by atoms with van der Waals surface area (Å²) in [6.07, 6.45) is 9.12. The van der Waals surface area contributed by atoms with E-state index in [2.05, 4.69) is 59.3 Å². The monoisotopic (exact) mass is 637 g/mol. The van der Waals surface area contributed by atoms with Gasteiger partial charge in [0.15, 0.2) is 5.75 Å². The molecule has 0 unspecified atom stereocenters. The van der Waals surface area contributed by atoms with Gasteiger partial charge in [0, 0.05) is 52.0 Å². The van der Waals surface area contributed by atoms with E-state index in [4.69, 9.17) is 25.8 Å². The first-order valence-corrected chi connectivity index (χ1v) is 15.8. The second kappa shape index (κ2) is 16.2. The molecular formula is C38H40ClN3O4. The summed E-state index contributed by atoms with van der Waals surface area (Å²) in [5.41, 5.74) is 6.39. The van der Waals surface area contributed by atoms with Gasteiger partial charge in [-0.15, -0.1) is 0 Å². The van der Waals surface area contributed by atoms with E-state index in [1.807, 2.05) is 42.2 Å². The molecule has 0 atom stereocenters. The first-order chi connectivity index (χ1) is 22.4. The molecule has 46 heavy (non-hydrogen) atoms. The second-order valence-electron chi connectivity index (χ2n) is 11.4. The minimum atomic E-state index is -0.00478. The highest BCUT2D eigenvalue weighted by atomic mass is 35.5. The Morgan fingerprint density at radius 1 is 0.891 bits per heavy atom. The number of rotatable bonds is 12. The summed E-state index contributed by atoms with van der Waals surface area (Å²) in [6.45, 7) is 8.97. The number of ether oxygens (including phenoxy) is 3. The van der Waals surface area contributed by atoms with Gasteiger partial charge in [-0.3, -0.25) is 9.69 Å². The van der Waals surface area contributed by atoms with Crippen molar-refractivity contribution in [3.63, 3.8) is 0 Å². The van der Waals surface area contributed by atoms with Crippen LogP contribution < -0.4 is 9.47 Å². The Bertz CT molecular complexity index is 1620. The zero-order valence-electron chi connectivity index (χ0n) is 26.6. The predicted molar refractivity (Wildman–Crippen MR) is 184 cm³/mol. The predicted octanol–water partition coefficient (Wildman–Crippen LogP) is 7.74. The average Bonchev–Trinajstić information content (AvgIpc) is 3.07. The molecule has 0 spiro atoms. The molecule has 4 aromatic rings. The zero-order chi connectivity index (χ0) is 32.3. The fourth-order valence-corrected chi connectivity index (χ4v) is 5.44. The zero-order valence-corrected chi connectivity index (χ0v) is 27.4. The number of amides is 1. The van der Waals surface area contributed by atoms with Gasteiger partial charge >= 0.3 is 0 Å². The normalized spacial score (nSPS) is 13.9. The van der Waals surface area contributed by atoms with Gasteiger partial charge in [-0.25, -0.2) is 4.98 Å². The third kappa shape index (κ3) is 9.54. The van der Waals surface area contributed by atoms with Crippen LogP contribution in [0.3, 0.4) is 0 Å². The van der Waals surface area contributed by atoms with Gasteiger partial charge in [0.25, 0.3) is 0 Å². The van der Waals surface area contributed by atoms with Gasteiger partial charge in [0.1, 0.15) is 12.4 Å². The van der Waals surface area contributed by atoms with E-state index in [1.165, 1.54) is 11.1 Å². The minimum absolute atomic E-state index is 0.00478. The summed E-state index contributed by atoms with van der Waals surface area (Å²) in [5, 5.41) is 0.446. The van der Waals surface area contributed by atoms with Crippen molar-refractivity contribution in [3.05, 3.63) is 130 Å². The lowest BCUT2D eigenvalue weighted by molar-refractivity contribution is -0.127. The van der Waals surface area contributed by atoms with Gasteiger partial charge in [-0.2, -0.15) is 0 Å². The Balaban J connectivity index is 1.09. The SMILES string of the molecule is COCC=Cc1ccc(CN2CCN(C(=O)/C=C/c3cc(C)c(Oc4ccc(OCc5ccc(C)cc5)cn4)c(Cl)c3)CC2)cc1. The van der Waals surface area contributed by atoms with Crippen LogP contribution in [-0.4, -0.2) is 60.6 Å². The van der Waals surface area contributed by atoms with E-state index in [0.29, 0.717) is 48.7 Å². The van der Waals surface area contributed by atoms with Crippen molar-refractivity contribution in [1.82, 2.24) is 14.8 Å². The number of pyridine rings is 1. The summed E-state index contributed by atoms with van der Waals surface area (Å²) in [6, 6.07) is 24.1. The molecule has 7 nitrogen and oxygen atoms in total. The number of piperazine rings is 1. The lowest BCUT2D eigenvalue weighted by Gasteiger charge is -2.34. The minimum Gasteiger partial charge on any atom is -0.487 e. The number of carbonyl (C=O) groups excluding carboxylic acids is 1. The van der Waals surface area contributed by atoms with Crippen LogP contribution in [0, 0.1) is 13.8 Å². The fraction of sp³-hybridized carbons (Fsp3) is 0.263. The van der Waals surface area contributed by atoms with Crippen LogP contribution in [0.15, 0.2) is 91.1 Å². The molecule has 3 aromatic carbocycles. The summed E-state index contributed by atoms with van der Waals surface area (Å²) in [7, 11) is 1.69. The van der Waals surface area contributed by atoms with Gasteiger partial charge in [0.2, 0.25) is 11.8 Å². The Morgan fingerprint density at radius 3 is 2.30 bits per heavy atom. The summed E-state index contributed by atoms with van der Waals surface area (Å²) >= 11 is 6.61. The number of carbonyl (C=O) groups is 1. The van der Waals surface area contributed by atoms with Gasteiger partial charge < -0.3 is 19.1 Å². The molecule has 1 aliphatic heterocycles. The topological polar surface area (TPSA) is 64.1 Å². The van der Waals surface area contributed by atoms with Crippen LogP contribution >= 0.6 is 11.6 Å². The maximum atomic E-state index is 13.0. The Kier molecular flexibility index (Phi) is 11.6. The van der Waals surface area contributed by atoms with E-state index in [9.17, 15) is 4.79 Å². The first-order valence-electron chi connectivity index (χ1n) is 15.4. The highest BCUT2D eigenvalue weighted by Crippen LogP contribution is 2.34. The third-order valence-corrected chi connectivity index (χ3v) is 8.04. The van der Waals surface area contributed by atoms with Gasteiger partial charge in [-0.1, -0.05) is 77.8 Å². The Labute approximate surface area is 276 Å². The maximum Gasteiger partial charge on any atom is 0.246 e. The average molecular weight is 638 g/mol. The van der Waals surface area contributed by atoms with Crippen molar-refractivity contribution in [2.24, 2.45) is 0 Å². The van der Waals surface area contributed by atoms with Crippen LogP contribution in [0.1, 0.15) is 33.4 Å². The third-order valence-electron chi connectivity index (χ3n) is 7.75. The molecule has 238 valence electrons. The van der Waals surface area contributed by atoms with Gasteiger partial charge in [0.05, 0.1) is 17.8 Å². The molecule has 0 aliphatic carbocycles. The second-order valence-corrected chi connectivity index (χ2v) is 11.8. The van der Waals surface area contributed by atoms with Crippen molar-refractivity contribution in [2.45, 2.75) is 27.0 Å². The molecule has 5 rings (SSSR count). The van der Waals surface area contributed by atoms with Crippen molar-refractivity contribution < 1.29 is 19.0 Å². The van der Waals surface area contributed by atoms with E-state index >= 15 is 0 Å². The van der Waals surface area contributed by atoms with E-state index in [1.54, 1.807) is 37.6 Å². The molecule has 1 amide bonds. The van der Waals surface area contributed by atoms with Crippen LogP contribution in [0.25, 0.3) is 12.2 Å². The number of aryl methyl sites for hydroxylation is 2. The Hall–Kier alpha value is -4.43. The first kappa shape index (κ1) is 32.9. The lowest BCUT2D eigenvalue weighted by atomic mass is 10.1. The van der Waals surface area contributed by atoms with Crippen molar-refractivity contribution in [2.75, 3.05) is 39.9 Å². The molecule has 1 aliphatic rings. The van der Waals surface area contributed by atoms with Crippen LogP contribution in [0.2, 0.25) is 5.02 Å². The van der Waals surface area contributed by atoms with Crippen molar-refractivity contribution >= 4 is 29.7 Å². The van der Waals surface area contributed by atoms with Gasteiger partial charge in [-0.05, 0) is 65.9 Å². The summed E-state index contributed by atoms with van der Waals surface area (Å²) in [5.74, 6) is 1.59. The van der Waals surface area contributed by atoms with E-state index in [-0.39, 0.29) is 5.91 Å². The molecule has 8 heteroatoms. The lowest BCUT2D eigenvalue weighted by Crippen LogP contribution is -2.47. The molecule has 0 radical (unpaired) electrons. The number of methoxy groups -OCH3 is 1. The molecule has 1 fully saturated rings. The molecule has 0 bridgehead atoms. The quantitative estimate of drug-likeness (QED) is 0.148. The molecule has 0 saturated carbocycles. The van der Waals surface area contributed by atoms with E-state index < -0.39 is 0 Å². The Morgan fingerprint density at radius 2 is 1.63 bits per heavy atom. The maximum absolute atomic E-state index is 13.0. The summed E-state index contributed by atoms with van der Waals surface area (Å²) < 4.78 is 16.9. The summed E-state index contributed by atoms with van der Waals surface area (Å²) in [4.78, 5) is 21.6. The number of benzene rings is 3. The van der Waals surface area contributed by atoms with Crippen LogP contribution in [0.4, 0.5) is 0 Å². The highest BCUT2D eigenvalue weighted by molar-refractivity contribution is 6.32. The number of hydrogen-bond donors (Lipinski definition) is 0. The molecule has 0 N–H and O–H groups in total. The standard InChI is InChI=1S/C38H40ClN3O4/c1-28-6-8-32(9-7-28)27-45-34-15-16-36(40-25-34)46-38-29(2)23-33(24-35(38)39)14-17-37(43)42-20-18-41(19-21-42)26-31-12-10-30(11-13-31)5-4-22-44-3/h4-17,23-25H,18-22,26-27H2,1-3H3/b5-4?,17-14+. The molecular weight excluding hydrogens is 598 g/mol.